The number of imide groups is 2. The van der Waals surface area contributed by atoms with Gasteiger partial charge in [0.2, 0.25) is 0 Å². The van der Waals surface area contributed by atoms with Gasteiger partial charge >= 0.3 is 6.03 Å². The summed E-state index contributed by atoms with van der Waals surface area (Å²) in [6, 6.07) is 13.9. The van der Waals surface area contributed by atoms with Crippen molar-refractivity contribution < 1.29 is 14.4 Å². The molecular weight excluding hydrogens is 342 g/mol. The van der Waals surface area contributed by atoms with E-state index in [1.165, 1.54) is 6.08 Å². The summed E-state index contributed by atoms with van der Waals surface area (Å²) in [7, 11) is 1.90. The Morgan fingerprint density at radius 1 is 0.963 bits per heavy atom. The van der Waals surface area contributed by atoms with E-state index in [-0.39, 0.29) is 5.57 Å². The lowest BCUT2D eigenvalue weighted by molar-refractivity contribution is -0.122. The molecule has 134 valence electrons. The van der Waals surface area contributed by atoms with E-state index >= 15 is 0 Å². The zero-order chi connectivity index (χ0) is 19.1. The number of amides is 4. The first-order valence-electron chi connectivity index (χ1n) is 8.48. The molecule has 0 spiro atoms. The number of barbiturate groups is 1. The number of para-hydroxylation sites is 1. The standard InChI is InChI=1S/C21H17N3O3/c1-13-7-9-15(10-8-13)24-20(26)17(19(25)22-21(24)27)11-14-12-23(2)18-6-4-3-5-16(14)18/h3-12H,1-2H3,(H,22,25,27). The van der Waals surface area contributed by atoms with Crippen LogP contribution < -0.4 is 10.2 Å². The van der Waals surface area contributed by atoms with E-state index in [1.807, 2.05) is 49.0 Å². The molecule has 1 aliphatic heterocycles. The highest BCUT2D eigenvalue weighted by molar-refractivity contribution is 6.39. The van der Waals surface area contributed by atoms with Crippen molar-refractivity contribution in [3.05, 3.63) is 71.4 Å². The highest BCUT2D eigenvalue weighted by Crippen LogP contribution is 2.26. The number of anilines is 1. The Bertz CT molecular complexity index is 1120. The molecule has 27 heavy (non-hydrogen) atoms. The van der Waals surface area contributed by atoms with Crippen LogP contribution in [-0.4, -0.2) is 22.4 Å². The lowest BCUT2D eigenvalue weighted by atomic mass is 10.1. The molecule has 3 aromatic rings. The molecule has 0 radical (unpaired) electrons. The van der Waals surface area contributed by atoms with Gasteiger partial charge in [-0.1, -0.05) is 35.9 Å². The lowest BCUT2D eigenvalue weighted by Crippen LogP contribution is -2.54. The molecule has 0 atom stereocenters. The van der Waals surface area contributed by atoms with E-state index in [1.54, 1.807) is 24.3 Å². The predicted octanol–water partition coefficient (Wildman–Crippen LogP) is 3.15. The van der Waals surface area contributed by atoms with Gasteiger partial charge in [-0.2, -0.15) is 0 Å². The molecule has 6 nitrogen and oxygen atoms in total. The number of rotatable bonds is 2. The SMILES string of the molecule is Cc1ccc(N2C(=O)NC(=O)C(=Cc3cn(C)c4ccccc34)C2=O)cc1. The normalized spacial score (nSPS) is 16.3. The molecule has 1 N–H and O–H groups in total. The Morgan fingerprint density at radius 3 is 2.41 bits per heavy atom. The minimum atomic E-state index is -0.746. The number of nitrogens with one attached hydrogen (secondary N) is 1. The van der Waals surface area contributed by atoms with E-state index < -0.39 is 17.8 Å². The molecule has 2 heterocycles. The fourth-order valence-corrected chi connectivity index (χ4v) is 3.23. The summed E-state index contributed by atoms with van der Waals surface area (Å²) < 4.78 is 1.93. The van der Waals surface area contributed by atoms with Crippen molar-refractivity contribution in [2.75, 3.05) is 4.90 Å². The Balaban J connectivity index is 1.80. The molecule has 1 saturated heterocycles. The van der Waals surface area contributed by atoms with Crippen LogP contribution in [0.1, 0.15) is 11.1 Å². The number of fused-ring (bicyclic) bond motifs is 1. The summed E-state index contributed by atoms with van der Waals surface area (Å²) in [6.45, 7) is 1.91. The zero-order valence-corrected chi connectivity index (χ0v) is 14.9. The number of hydrogen-bond acceptors (Lipinski definition) is 3. The van der Waals surface area contributed by atoms with E-state index in [9.17, 15) is 14.4 Å². The van der Waals surface area contributed by atoms with Crippen LogP contribution in [-0.2, 0) is 16.6 Å². The molecule has 0 unspecified atom stereocenters. The summed E-state index contributed by atoms with van der Waals surface area (Å²) in [6.07, 6.45) is 3.39. The first kappa shape index (κ1) is 16.8. The summed E-state index contributed by atoms with van der Waals surface area (Å²) in [5.74, 6) is -1.33. The second-order valence-electron chi connectivity index (χ2n) is 6.51. The number of hydrogen-bond donors (Lipinski definition) is 1. The maximum absolute atomic E-state index is 12.9. The number of carbonyl (C=O) groups excluding carboxylic acids is 3. The average Bonchev–Trinajstić information content (AvgIpc) is 2.96. The largest absolute Gasteiger partial charge is 0.350 e. The molecule has 0 saturated carbocycles. The Hall–Kier alpha value is -3.67. The minimum Gasteiger partial charge on any atom is -0.350 e. The summed E-state index contributed by atoms with van der Waals surface area (Å²) in [5, 5.41) is 3.17. The Kier molecular flexibility index (Phi) is 3.88. The van der Waals surface area contributed by atoms with E-state index in [4.69, 9.17) is 0 Å². The quantitative estimate of drug-likeness (QED) is 0.564. The molecule has 1 fully saturated rings. The van der Waals surface area contributed by atoms with Gasteiger partial charge in [0.25, 0.3) is 11.8 Å². The van der Waals surface area contributed by atoms with E-state index in [2.05, 4.69) is 5.32 Å². The average molecular weight is 359 g/mol. The first-order chi connectivity index (χ1) is 13.0. The molecule has 2 aromatic carbocycles. The molecular formula is C21H17N3O3. The van der Waals surface area contributed by atoms with Crippen LogP contribution in [0.4, 0.5) is 10.5 Å². The summed E-state index contributed by atoms with van der Waals surface area (Å²) in [5.41, 5.74) is 3.07. The van der Waals surface area contributed by atoms with Gasteiger partial charge in [0, 0.05) is 29.7 Å². The summed E-state index contributed by atoms with van der Waals surface area (Å²) >= 11 is 0. The number of nitrogens with zero attached hydrogens (tertiary/aromatic N) is 2. The second-order valence-corrected chi connectivity index (χ2v) is 6.51. The summed E-state index contributed by atoms with van der Waals surface area (Å²) in [4.78, 5) is 38.5. The smallest absolute Gasteiger partial charge is 0.335 e. The maximum atomic E-state index is 12.9. The highest BCUT2D eigenvalue weighted by atomic mass is 16.2. The lowest BCUT2D eigenvalue weighted by Gasteiger charge is -2.26. The van der Waals surface area contributed by atoms with E-state index in [0.29, 0.717) is 5.69 Å². The molecule has 1 aliphatic rings. The van der Waals surface area contributed by atoms with Gasteiger partial charge in [0.1, 0.15) is 5.57 Å². The van der Waals surface area contributed by atoms with Crippen molar-refractivity contribution in [2.24, 2.45) is 7.05 Å². The van der Waals surface area contributed by atoms with Gasteiger partial charge in [0.05, 0.1) is 5.69 Å². The number of aromatic nitrogens is 1. The maximum Gasteiger partial charge on any atom is 0.335 e. The van der Waals surface area contributed by atoms with Crippen molar-refractivity contribution >= 4 is 40.5 Å². The van der Waals surface area contributed by atoms with Crippen LogP contribution in [0.5, 0.6) is 0 Å². The van der Waals surface area contributed by atoms with Gasteiger partial charge in [-0.3, -0.25) is 14.9 Å². The van der Waals surface area contributed by atoms with Crippen molar-refractivity contribution in [1.29, 1.82) is 0 Å². The van der Waals surface area contributed by atoms with Gasteiger partial charge in [-0.15, -0.1) is 0 Å². The molecule has 6 heteroatoms. The van der Waals surface area contributed by atoms with Crippen molar-refractivity contribution in [2.45, 2.75) is 6.92 Å². The molecule has 1 aromatic heterocycles. The molecule has 4 amide bonds. The van der Waals surface area contributed by atoms with Crippen molar-refractivity contribution in [3.8, 4) is 0 Å². The predicted molar refractivity (Wildman–Crippen MR) is 103 cm³/mol. The molecule has 0 aliphatic carbocycles. The van der Waals surface area contributed by atoms with Crippen LogP contribution >= 0.6 is 0 Å². The number of carbonyl (C=O) groups is 3. The zero-order valence-electron chi connectivity index (χ0n) is 14.9. The van der Waals surface area contributed by atoms with Gasteiger partial charge in [-0.05, 0) is 31.2 Å². The van der Waals surface area contributed by atoms with Crippen LogP contribution in [0, 0.1) is 6.92 Å². The van der Waals surface area contributed by atoms with Crippen LogP contribution in [0.25, 0.3) is 17.0 Å². The number of urea groups is 1. The Labute approximate surface area is 155 Å². The van der Waals surface area contributed by atoms with Gasteiger partial charge < -0.3 is 4.57 Å². The minimum absolute atomic E-state index is 0.0773. The van der Waals surface area contributed by atoms with Crippen molar-refractivity contribution in [3.63, 3.8) is 0 Å². The number of benzene rings is 2. The van der Waals surface area contributed by atoms with Crippen LogP contribution in [0.2, 0.25) is 0 Å². The third-order valence-corrected chi connectivity index (χ3v) is 4.62. The third-order valence-electron chi connectivity index (χ3n) is 4.62. The van der Waals surface area contributed by atoms with Crippen molar-refractivity contribution in [1.82, 2.24) is 9.88 Å². The fourth-order valence-electron chi connectivity index (χ4n) is 3.23. The van der Waals surface area contributed by atoms with Gasteiger partial charge in [-0.25, -0.2) is 9.69 Å². The second kappa shape index (κ2) is 6.25. The van der Waals surface area contributed by atoms with Crippen LogP contribution in [0.15, 0.2) is 60.3 Å². The monoisotopic (exact) mass is 359 g/mol. The van der Waals surface area contributed by atoms with Gasteiger partial charge in [0.15, 0.2) is 0 Å². The third kappa shape index (κ3) is 2.81. The first-order valence-corrected chi connectivity index (χ1v) is 8.48. The molecule has 0 bridgehead atoms. The highest BCUT2D eigenvalue weighted by Gasteiger charge is 2.36. The Morgan fingerprint density at radius 2 is 1.67 bits per heavy atom. The topological polar surface area (TPSA) is 71.4 Å². The fraction of sp³-hybridized carbons (Fsp3) is 0.0952. The van der Waals surface area contributed by atoms with E-state index in [0.717, 1.165) is 26.9 Å². The number of aryl methyl sites for hydroxylation is 2. The molecule has 4 rings (SSSR count). The van der Waals surface area contributed by atoms with Crippen LogP contribution in [0.3, 0.4) is 0 Å².